The number of carbonyl (C=O) groups is 3. The fourth-order valence-corrected chi connectivity index (χ4v) is 1.98. The number of methoxy groups -OCH3 is 2. The summed E-state index contributed by atoms with van der Waals surface area (Å²) < 4.78 is 24.6. The number of aliphatic hydroxyl groups is 1. The number of rotatable bonds is 4. The highest BCUT2D eigenvalue weighted by molar-refractivity contribution is 5.76. The van der Waals surface area contributed by atoms with Crippen LogP contribution in [0.5, 0.6) is 0 Å². The maximum absolute atomic E-state index is 11.6. The lowest BCUT2D eigenvalue weighted by atomic mass is 9.98. The second kappa shape index (κ2) is 7.34. The first-order valence-corrected chi connectivity index (χ1v) is 6.10. The lowest BCUT2D eigenvalue weighted by Crippen LogP contribution is -2.62. The van der Waals surface area contributed by atoms with Gasteiger partial charge < -0.3 is 28.8 Å². The summed E-state index contributed by atoms with van der Waals surface area (Å²) >= 11 is 0. The Balaban J connectivity index is 3.05. The normalized spacial score (nSPS) is 32.1. The van der Waals surface area contributed by atoms with E-state index in [-0.39, 0.29) is 0 Å². The Morgan fingerprint density at radius 3 is 2.00 bits per heavy atom. The molecule has 0 aromatic heterocycles. The van der Waals surface area contributed by atoms with Crippen molar-refractivity contribution in [3.05, 3.63) is 0 Å². The molecule has 0 bridgehead atoms. The van der Waals surface area contributed by atoms with Gasteiger partial charge in [0.1, 0.15) is 12.2 Å². The van der Waals surface area contributed by atoms with E-state index in [1.807, 2.05) is 0 Å². The molecule has 1 rings (SSSR count). The average Bonchev–Trinajstić information content (AvgIpc) is 2.40. The molecule has 0 unspecified atom stereocenters. The number of hydrogen-bond acceptors (Lipinski definition) is 9. The highest BCUT2D eigenvalue weighted by Crippen LogP contribution is 2.27. The summed E-state index contributed by atoms with van der Waals surface area (Å²) in [6.45, 7) is 2.25. The van der Waals surface area contributed by atoms with Gasteiger partial charge in [-0.05, 0) is 0 Å². The first-order valence-electron chi connectivity index (χ1n) is 6.10. The standard InChI is InChI=1S/C12H18O9/c1-5(13)19-10-8(17-3)7(15)9(11(16)18-4)21-12(10)20-6(2)14/h7-10,12,15H,1-4H3/t7-,8-,9+,10+,12-/m0/s1. The van der Waals surface area contributed by atoms with E-state index in [0.717, 1.165) is 21.0 Å². The van der Waals surface area contributed by atoms with E-state index >= 15 is 0 Å². The van der Waals surface area contributed by atoms with Gasteiger partial charge in [-0.1, -0.05) is 0 Å². The van der Waals surface area contributed by atoms with Gasteiger partial charge in [0.25, 0.3) is 0 Å². The first-order chi connectivity index (χ1) is 9.81. The van der Waals surface area contributed by atoms with Crippen molar-refractivity contribution in [3.8, 4) is 0 Å². The number of carbonyl (C=O) groups excluding carboxylic acids is 3. The Morgan fingerprint density at radius 2 is 1.57 bits per heavy atom. The fraction of sp³-hybridized carbons (Fsp3) is 0.750. The molecule has 5 atom stereocenters. The zero-order valence-electron chi connectivity index (χ0n) is 12.1. The molecule has 0 radical (unpaired) electrons. The van der Waals surface area contributed by atoms with Gasteiger partial charge in [0, 0.05) is 21.0 Å². The summed E-state index contributed by atoms with van der Waals surface area (Å²) in [5.74, 6) is -2.28. The van der Waals surface area contributed by atoms with Crippen molar-refractivity contribution < 1.29 is 43.2 Å². The van der Waals surface area contributed by atoms with Crippen molar-refractivity contribution in [1.82, 2.24) is 0 Å². The van der Waals surface area contributed by atoms with Crippen LogP contribution in [0.2, 0.25) is 0 Å². The average molecular weight is 306 g/mol. The van der Waals surface area contributed by atoms with E-state index in [0.29, 0.717) is 0 Å². The van der Waals surface area contributed by atoms with Crippen LogP contribution in [0.1, 0.15) is 13.8 Å². The summed E-state index contributed by atoms with van der Waals surface area (Å²) in [5.41, 5.74) is 0. The molecule has 1 aliphatic rings. The quantitative estimate of drug-likeness (QED) is 0.502. The lowest BCUT2D eigenvalue weighted by Gasteiger charge is -2.41. The molecule has 1 N–H and O–H groups in total. The summed E-state index contributed by atoms with van der Waals surface area (Å²) in [5, 5.41) is 10.1. The Hall–Kier alpha value is -1.71. The lowest BCUT2D eigenvalue weighted by molar-refractivity contribution is -0.293. The van der Waals surface area contributed by atoms with Gasteiger partial charge in [-0.15, -0.1) is 0 Å². The molecular weight excluding hydrogens is 288 g/mol. The monoisotopic (exact) mass is 306 g/mol. The molecule has 21 heavy (non-hydrogen) atoms. The van der Waals surface area contributed by atoms with Crippen LogP contribution in [0.4, 0.5) is 0 Å². The molecule has 0 spiro atoms. The molecule has 0 saturated carbocycles. The minimum Gasteiger partial charge on any atom is -0.467 e. The van der Waals surface area contributed by atoms with Crippen molar-refractivity contribution in [2.24, 2.45) is 0 Å². The van der Waals surface area contributed by atoms with Gasteiger partial charge in [0.2, 0.25) is 6.29 Å². The van der Waals surface area contributed by atoms with Crippen LogP contribution in [-0.2, 0) is 38.1 Å². The van der Waals surface area contributed by atoms with Crippen LogP contribution in [0.25, 0.3) is 0 Å². The zero-order chi connectivity index (χ0) is 16.2. The molecule has 0 aliphatic carbocycles. The van der Waals surface area contributed by atoms with Crippen LogP contribution in [-0.4, -0.2) is 67.9 Å². The van der Waals surface area contributed by atoms with Crippen LogP contribution in [0.3, 0.4) is 0 Å². The van der Waals surface area contributed by atoms with E-state index in [2.05, 4.69) is 4.74 Å². The number of ether oxygens (including phenoxy) is 5. The van der Waals surface area contributed by atoms with Gasteiger partial charge in [-0.2, -0.15) is 0 Å². The second-order valence-corrected chi connectivity index (χ2v) is 4.32. The number of aliphatic hydroxyl groups excluding tert-OH is 1. The van der Waals surface area contributed by atoms with Gasteiger partial charge >= 0.3 is 17.9 Å². The van der Waals surface area contributed by atoms with E-state index < -0.39 is 48.6 Å². The predicted molar refractivity (Wildman–Crippen MR) is 64.8 cm³/mol. The Labute approximate surface area is 121 Å². The maximum atomic E-state index is 11.6. The third kappa shape index (κ3) is 4.13. The highest BCUT2D eigenvalue weighted by atomic mass is 16.7. The number of hydrogen-bond donors (Lipinski definition) is 1. The van der Waals surface area contributed by atoms with E-state index in [4.69, 9.17) is 18.9 Å². The van der Waals surface area contributed by atoms with Crippen LogP contribution in [0, 0.1) is 0 Å². The minimum atomic E-state index is -1.46. The zero-order valence-corrected chi connectivity index (χ0v) is 12.1. The van der Waals surface area contributed by atoms with Gasteiger partial charge in [0.15, 0.2) is 12.2 Å². The van der Waals surface area contributed by atoms with Gasteiger partial charge in [-0.3, -0.25) is 9.59 Å². The van der Waals surface area contributed by atoms with E-state index in [1.54, 1.807) is 0 Å². The third-order valence-corrected chi connectivity index (χ3v) is 2.81. The maximum Gasteiger partial charge on any atom is 0.337 e. The van der Waals surface area contributed by atoms with Crippen LogP contribution in [0.15, 0.2) is 0 Å². The molecule has 1 heterocycles. The molecule has 120 valence electrons. The second-order valence-electron chi connectivity index (χ2n) is 4.32. The Bertz CT molecular complexity index is 408. The number of esters is 3. The van der Waals surface area contributed by atoms with E-state index in [9.17, 15) is 19.5 Å². The van der Waals surface area contributed by atoms with Crippen molar-refractivity contribution in [2.75, 3.05) is 14.2 Å². The topological polar surface area (TPSA) is 118 Å². The first kappa shape index (κ1) is 17.3. The van der Waals surface area contributed by atoms with Crippen LogP contribution >= 0.6 is 0 Å². The largest absolute Gasteiger partial charge is 0.467 e. The fourth-order valence-electron chi connectivity index (χ4n) is 1.98. The summed E-state index contributed by atoms with van der Waals surface area (Å²) in [6.07, 6.45) is -6.64. The van der Waals surface area contributed by atoms with Crippen molar-refractivity contribution in [2.45, 2.75) is 44.6 Å². The van der Waals surface area contributed by atoms with Crippen molar-refractivity contribution in [3.63, 3.8) is 0 Å². The SMILES string of the molecule is COC(=O)[C@@H]1O[C@H](OC(C)=O)[C@H](OC(C)=O)[C@@H](OC)[C@@H]1O. The molecule has 9 nitrogen and oxygen atoms in total. The molecule has 0 amide bonds. The molecule has 1 fully saturated rings. The van der Waals surface area contributed by atoms with Crippen molar-refractivity contribution in [1.29, 1.82) is 0 Å². The predicted octanol–water partition coefficient (Wildman–Crippen LogP) is -1.24. The molecule has 1 aliphatic heterocycles. The van der Waals surface area contributed by atoms with Gasteiger partial charge in [-0.25, -0.2) is 4.79 Å². The summed E-state index contributed by atoms with van der Waals surface area (Å²) in [6, 6.07) is 0. The summed E-state index contributed by atoms with van der Waals surface area (Å²) in [4.78, 5) is 33.8. The molecule has 0 aromatic rings. The smallest absolute Gasteiger partial charge is 0.337 e. The third-order valence-electron chi connectivity index (χ3n) is 2.81. The highest BCUT2D eigenvalue weighted by Gasteiger charge is 2.52. The Morgan fingerprint density at radius 1 is 1.00 bits per heavy atom. The van der Waals surface area contributed by atoms with Crippen molar-refractivity contribution >= 4 is 17.9 Å². The Kier molecular flexibility index (Phi) is 6.06. The van der Waals surface area contributed by atoms with Crippen LogP contribution < -0.4 is 0 Å². The molecule has 0 aromatic carbocycles. The molecular formula is C12H18O9. The summed E-state index contributed by atoms with van der Waals surface area (Å²) in [7, 11) is 2.36. The molecule has 9 heteroatoms. The minimum absolute atomic E-state index is 0.688. The molecule has 1 saturated heterocycles. The van der Waals surface area contributed by atoms with E-state index in [1.165, 1.54) is 7.11 Å². The van der Waals surface area contributed by atoms with Gasteiger partial charge in [0.05, 0.1) is 7.11 Å².